The molecule has 0 aromatic heterocycles. The third kappa shape index (κ3) is 8.12. The number of methoxy groups -OCH3 is 1. The fraction of sp³-hybridized carbons (Fsp3) is 0.333. The second-order valence-corrected chi connectivity index (χ2v) is 6.41. The van der Waals surface area contributed by atoms with E-state index in [0.717, 1.165) is 5.56 Å². The summed E-state index contributed by atoms with van der Waals surface area (Å²) in [5.41, 5.74) is 1.79. The van der Waals surface area contributed by atoms with Crippen LogP contribution in [-0.4, -0.2) is 38.3 Å². The van der Waals surface area contributed by atoms with Crippen LogP contribution >= 0.6 is 0 Å². The highest BCUT2D eigenvalue weighted by Gasteiger charge is 2.27. The topological polar surface area (TPSA) is 76.7 Å². The summed E-state index contributed by atoms with van der Waals surface area (Å²) in [4.78, 5) is 24.1. The van der Waals surface area contributed by atoms with Crippen molar-refractivity contribution in [1.29, 1.82) is 0 Å². The number of amides is 2. The van der Waals surface area contributed by atoms with E-state index >= 15 is 0 Å². The van der Waals surface area contributed by atoms with Crippen LogP contribution in [-0.2, 0) is 22.7 Å². The molecule has 0 heterocycles. The van der Waals surface area contributed by atoms with Gasteiger partial charge in [0.25, 0.3) is 5.91 Å². The first-order valence-corrected chi connectivity index (χ1v) is 9.18. The molecule has 162 valence electrons. The molecule has 0 aliphatic carbocycles. The van der Waals surface area contributed by atoms with Crippen LogP contribution in [0.15, 0.2) is 48.5 Å². The quantitative estimate of drug-likeness (QED) is 0.614. The maximum absolute atomic E-state index is 12.2. The summed E-state index contributed by atoms with van der Waals surface area (Å²) < 4.78 is 45.9. The van der Waals surface area contributed by atoms with E-state index in [9.17, 15) is 22.8 Å². The van der Waals surface area contributed by atoms with E-state index in [-0.39, 0.29) is 37.9 Å². The Morgan fingerprint density at radius 3 is 2.30 bits per heavy atom. The fourth-order valence-corrected chi connectivity index (χ4v) is 2.54. The van der Waals surface area contributed by atoms with Crippen LogP contribution in [0.5, 0.6) is 5.75 Å². The van der Waals surface area contributed by atoms with Crippen molar-refractivity contribution in [2.75, 3.05) is 20.3 Å². The number of ether oxygens (including phenoxy) is 2. The number of benzene rings is 2. The van der Waals surface area contributed by atoms with Crippen molar-refractivity contribution >= 4 is 11.8 Å². The standard InChI is InChI=1S/C21H23F3N2O4/c1-29-18-5-3-2-4-17(18)20(28)25-11-10-19(27)26-12-15-6-8-16(9-7-15)13-30-14-21(22,23)24/h2-9H,10-14H2,1H3,(H,25,28)(H,26,27). The van der Waals surface area contributed by atoms with Gasteiger partial charge in [-0.05, 0) is 23.3 Å². The number of hydrogen-bond donors (Lipinski definition) is 2. The molecule has 0 bridgehead atoms. The van der Waals surface area contributed by atoms with Crippen LogP contribution in [0.4, 0.5) is 13.2 Å². The summed E-state index contributed by atoms with van der Waals surface area (Å²) >= 11 is 0. The lowest BCUT2D eigenvalue weighted by atomic mass is 10.1. The Bertz CT molecular complexity index is 839. The van der Waals surface area contributed by atoms with Gasteiger partial charge in [-0.25, -0.2) is 0 Å². The smallest absolute Gasteiger partial charge is 0.411 e. The van der Waals surface area contributed by atoms with Gasteiger partial charge in [0.05, 0.1) is 19.3 Å². The first-order valence-electron chi connectivity index (χ1n) is 9.18. The molecule has 6 nitrogen and oxygen atoms in total. The number of nitrogens with one attached hydrogen (secondary N) is 2. The van der Waals surface area contributed by atoms with Crippen LogP contribution in [0.25, 0.3) is 0 Å². The third-order valence-corrected chi connectivity index (χ3v) is 4.04. The van der Waals surface area contributed by atoms with Gasteiger partial charge in [-0.2, -0.15) is 13.2 Å². The summed E-state index contributed by atoms with van der Waals surface area (Å²) in [6.07, 6.45) is -4.25. The van der Waals surface area contributed by atoms with Crippen LogP contribution in [0.1, 0.15) is 27.9 Å². The Hall–Kier alpha value is -3.07. The predicted octanol–water partition coefficient (Wildman–Crippen LogP) is 3.21. The van der Waals surface area contributed by atoms with Gasteiger partial charge in [0.15, 0.2) is 0 Å². The van der Waals surface area contributed by atoms with E-state index in [1.54, 1.807) is 48.5 Å². The van der Waals surface area contributed by atoms with Crippen molar-refractivity contribution in [2.24, 2.45) is 0 Å². The highest BCUT2D eigenvalue weighted by Crippen LogP contribution is 2.17. The molecule has 0 spiro atoms. The minimum absolute atomic E-state index is 0.101. The number of alkyl halides is 3. The summed E-state index contributed by atoms with van der Waals surface area (Å²) in [7, 11) is 1.47. The summed E-state index contributed by atoms with van der Waals surface area (Å²) in [5, 5.41) is 5.39. The van der Waals surface area contributed by atoms with Crippen molar-refractivity contribution in [2.45, 2.75) is 25.7 Å². The molecule has 0 aliphatic rings. The lowest BCUT2D eigenvalue weighted by molar-refractivity contribution is -0.176. The molecule has 2 rings (SSSR count). The highest BCUT2D eigenvalue weighted by molar-refractivity contribution is 5.97. The Kier molecular flexibility index (Phi) is 8.67. The van der Waals surface area contributed by atoms with E-state index < -0.39 is 12.8 Å². The van der Waals surface area contributed by atoms with E-state index in [1.807, 2.05) is 0 Å². The zero-order chi connectivity index (χ0) is 22.0. The Balaban J connectivity index is 1.68. The molecule has 2 N–H and O–H groups in total. The summed E-state index contributed by atoms with van der Waals surface area (Å²) in [6, 6.07) is 13.5. The average Bonchev–Trinajstić information content (AvgIpc) is 2.72. The largest absolute Gasteiger partial charge is 0.496 e. The fourth-order valence-electron chi connectivity index (χ4n) is 2.54. The van der Waals surface area contributed by atoms with Gasteiger partial charge in [-0.15, -0.1) is 0 Å². The minimum atomic E-state index is -4.35. The molecular weight excluding hydrogens is 401 g/mol. The van der Waals surface area contributed by atoms with Gasteiger partial charge in [0, 0.05) is 19.5 Å². The van der Waals surface area contributed by atoms with Gasteiger partial charge in [0.1, 0.15) is 12.4 Å². The average molecular weight is 424 g/mol. The molecular formula is C21H23F3N2O4. The Morgan fingerprint density at radius 1 is 0.967 bits per heavy atom. The molecule has 30 heavy (non-hydrogen) atoms. The molecule has 0 unspecified atom stereocenters. The van der Waals surface area contributed by atoms with Crippen LogP contribution in [0.2, 0.25) is 0 Å². The number of halogens is 3. The van der Waals surface area contributed by atoms with Gasteiger partial charge in [-0.3, -0.25) is 9.59 Å². The zero-order valence-corrected chi connectivity index (χ0v) is 16.4. The molecule has 9 heteroatoms. The van der Waals surface area contributed by atoms with Crippen LogP contribution in [0.3, 0.4) is 0 Å². The molecule has 0 radical (unpaired) electrons. The van der Waals surface area contributed by atoms with Crippen molar-refractivity contribution in [1.82, 2.24) is 10.6 Å². The monoisotopic (exact) mass is 424 g/mol. The molecule has 0 aliphatic heterocycles. The van der Waals surface area contributed by atoms with E-state index in [1.165, 1.54) is 7.11 Å². The zero-order valence-electron chi connectivity index (χ0n) is 16.4. The van der Waals surface area contributed by atoms with Crippen molar-refractivity contribution < 1.29 is 32.2 Å². The lowest BCUT2D eigenvalue weighted by Gasteiger charge is -2.10. The van der Waals surface area contributed by atoms with Crippen molar-refractivity contribution in [3.63, 3.8) is 0 Å². The molecule has 0 atom stereocenters. The Labute approximate surface area is 172 Å². The number of carbonyl (C=O) groups excluding carboxylic acids is 2. The number of rotatable bonds is 10. The van der Waals surface area contributed by atoms with E-state index in [0.29, 0.717) is 16.9 Å². The third-order valence-electron chi connectivity index (χ3n) is 4.04. The van der Waals surface area contributed by atoms with Gasteiger partial charge in [0.2, 0.25) is 5.91 Å². The molecule has 0 saturated carbocycles. The predicted molar refractivity (Wildman–Crippen MR) is 104 cm³/mol. The van der Waals surface area contributed by atoms with Crippen LogP contribution < -0.4 is 15.4 Å². The maximum Gasteiger partial charge on any atom is 0.411 e. The van der Waals surface area contributed by atoms with Gasteiger partial charge in [-0.1, -0.05) is 36.4 Å². The summed E-state index contributed by atoms with van der Waals surface area (Å²) in [6.45, 7) is -1.00. The normalized spacial score (nSPS) is 11.1. The van der Waals surface area contributed by atoms with Gasteiger partial charge >= 0.3 is 6.18 Å². The molecule has 0 saturated heterocycles. The van der Waals surface area contributed by atoms with Crippen LogP contribution in [0, 0.1) is 0 Å². The Morgan fingerprint density at radius 2 is 1.63 bits per heavy atom. The summed E-state index contributed by atoms with van der Waals surface area (Å²) in [5.74, 6) is -0.122. The SMILES string of the molecule is COc1ccccc1C(=O)NCCC(=O)NCc1ccc(COCC(F)(F)F)cc1. The van der Waals surface area contributed by atoms with E-state index in [2.05, 4.69) is 15.4 Å². The number of para-hydroxylation sites is 1. The molecule has 0 fully saturated rings. The second kappa shape index (κ2) is 11.2. The number of carbonyl (C=O) groups is 2. The van der Waals surface area contributed by atoms with Crippen molar-refractivity contribution in [3.8, 4) is 5.75 Å². The molecule has 2 aromatic carbocycles. The number of hydrogen-bond acceptors (Lipinski definition) is 4. The van der Waals surface area contributed by atoms with E-state index in [4.69, 9.17) is 4.74 Å². The minimum Gasteiger partial charge on any atom is -0.496 e. The first-order chi connectivity index (χ1) is 14.3. The molecule has 2 aromatic rings. The molecule has 2 amide bonds. The van der Waals surface area contributed by atoms with Gasteiger partial charge < -0.3 is 20.1 Å². The first kappa shape index (κ1) is 23.2. The second-order valence-electron chi connectivity index (χ2n) is 6.41. The highest BCUT2D eigenvalue weighted by atomic mass is 19.4. The van der Waals surface area contributed by atoms with Crippen molar-refractivity contribution in [3.05, 3.63) is 65.2 Å². The lowest BCUT2D eigenvalue weighted by Crippen LogP contribution is -2.30. The maximum atomic E-state index is 12.2.